The number of nitrogens with zero attached hydrogens (tertiary/aromatic N) is 1. The average Bonchev–Trinajstić information content (AvgIpc) is 2.86. The molecule has 2 fully saturated rings. The highest BCUT2D eigenvalue weighted by atomic mass is 16.2. The molecule has 4 nitrogen and oxygen atoms in total. The number of amides is 2. The SMILES string of the molecule is CCC1(C)C(=O)NC2(CCCC2)C(=O)N1CCC(C)C. The average molecular weight is 280 g/mol. The molecule has 0 aromatic heterocycles. The van der Waals surface area contributed by atoms with Crippen molar-refractivity contribution < 1.29 is 9.59 Å². The summed E-state index contributed by atoms with van der Waals surface area (Å²) in [6.07, 6.45) is 5.29. The molecule has 4 heteroatoms. The molecule has 0 bridgehead atoms. The molecule has 1 heterocycles. The molecule has 1 aliphatic heterocycles. The van der Waals surface area contributed by atoms with Crippen molar-refractivity contribution in [3.05, 3.63) is 0 Å². The lowest BCUT2D eigenvalue weighted by atomic mass is 9.83. The normalized spacial score (nSPS) is 29.4. The van der Waals surface area contributed by atoms with Gasteiger partial charge in [-0.3, -0.25) is 9.59 Å². The quantitative estimate of drug-likeness (QED) is 0.860. The van der Waals surface area contributed by atoms with E-state index in [9.17, 15) is 9.59 Å². The highest BCUT2D eigenvalue weighted by molar-refractivity contribution is 6.02. The topological polar surface area (TPSA) is 49.4 Å². The van der Waals surface area contributed by atoms with Crippen LogP contribution in [0.2, 0.25) is 0 Å². The first-order valence-electron chi connectivity index (χ1n) is 8.00. The third-order valence-corrected chi connectivity index (χ3v) is 5.17. The van der Waals surface area contributed by atoms with Crippen molar-refractivity contribution in [1.29, 1.82) is 0 Å². The van der Waals surface area contributed by atoms with Crippen LogP contribution in [0.1, 0.15) is 66.2 Å². The van der Waals surface area contributed by atoms with Crippen molar-refractivity contribution in [2.45, 2.75) is 77.3 Å². The fraction of sp³-hybridized carbons (Fsp3) is 0.875. The van der Waals surface area contributed by atoms with Gasteiger partial charge < -0.3 is 10.2 Å². The minimum Gasteiger partial charge on any atom is -0.340 e. The minimum absolute atomic E-state index is 0.0326. The summed E-state index contributed by atoms with van der Waals surface area (Å²) in [6.45, 7) is 8.90. The van der Waals surface area contributed by atoms with E-state index >= 15 is 0 Å². The molecule has 1 unspecified atom stereocenters. The van der Waals surface area contributed by atoms with Crippen LogP contribution in [0.15, 0.2) is 0 Å². The van der Waals surface area contributed by atoms with Crippen molar-refractivity contribution in [3.8, 4) is 0 Å². The van der Waals surface area contributed by atoms with Gasteiger partial charge in [0, 0.05) is 6.54 Å². The van der Waals surface area contributed by atoms with Gasteiger partial charge >= 0.3 is 0 Å². The van der Waals surface area contributed by atoms with Crippen LogP contribution in [0.4, 0.5) is 0 Å². The summed E-state index contributed by atoms with van der Waals surface area (Å²) in [5.41, 5.74) is -1.28. The molecule has 1 aliphatic carbocycles. The Morgan fingerprint density at radius 2 is 1.85 bits per heavy atom. The standard InChI is InChI=1S/C16H28N2O2/c1-5-15(4)13(19)17-16(9-6-7-10-16)14(20)18(15)11-8-12(2)3/h12H,5-11H2,1-4H3,(H,17,19). The number of hydrogen-bond donors (Lipinski definition) is 1. The Labute approximate surface area is 122 Å². The first-order chi connectivity index (χ1) is 9.35. The Bertz CT molecular complexity index is 399. The number of nitrogens with one attached hydrogen (secondary N) is 1. The van der Waals surface area contributed by atoms with Crippen LogP contribution in [-0.2, 0) is 9.59 Å². The molecule has 1 N–H and O–H groups in total. The van der Waals surface area contributed by atoms with Crippen LogP contribution in [0.5, 0.6) is 0 Å². The fourth-order valence-electron chi connectivity index (χ4n) is 3.41. The molecular formula is C16H28N2O2. The summed E-state index contributed by atoms with van der Waals surface area (Å²) in [6, 6.07) is 0. The highest BCUT2D eigenvalue weighted by Gasteiger charge is 2.56. The van der Waals surface area contributed by atoms with Crippen LogP contribution in [-0.4, -0.2) is 34.3 Å². The Kier molecular flexibility index (Phi) is 4.12. The number of piperazine rings is 1. The highest BCUT2D eigenvalue weighted by Crippen LogP contribution is 2.38. The van der Waals surface area contributed by atoms with Gasteiger partial charge in [-0.05, 0) is 38.5 Å². The van der Waals surface area contributed by atoms with Crippen LogP contribution in [0, 0.1) is 5.92 Å². The summed E-state index contributed by atoms with van der Waals surface area (Å²) in [5, 5.41) is 3.07. The Balaban J connectivity index is 2.29. The van der Waals surface area contributed by atoms with Gasteiger partial charge in [-0.2, -0.15) is 0 Å². The molecule has 2 amide bonds. The fourth-order valence-corrected chi connectivity index (χ4v) is 3.41. The van der Waals surface area contributed by atoms with E-state index < -0.39 is 11.1 Å². The summed E-state index contributed by atoms with van der Waals surface area (Å²) in [5.74, 6) is 0.721. The molecular weight excluding hydrogens is 252 g/mol. The first-order valence-corrected chi connectivity index (χ1v) is 8.00. The van der Waals surface area contributed by atoms with Gasteiger partial charge in [0.05, 0.1) is 0 Å². The van der Waals surface area contributed by atoms with Crippen LogP contribution >= 0.6 is 0 Å². The number of hydrogen-bond acceptors (Lipinski definition) is 2. The molecule has 1 spiro atoms. The lowest BCUT2D eigenvalue weighted by molar-refractivity contribution is -0.162. The van der Waals surface area contributed by atoms with E-state index in [0.29, 0.717) is 18.9 Å². The van der Waals surface area contributed by atoms with E-state index in [1.165, 1.54) is 0 Å². The van der Waals surface area contributed by atoms with Crippen LogP contribution in [0.3, 0.4) is 0 Å². The van der Waals surface area contributed by atoms with Crippen LogP contribution in [0.25, 0.3) is 0 Å². The summed E-state index contributed by atoms with van der Waals surface area (Å²) < 4.78 is 0. The zero-order chi connectivity index (χ0) is 15.0. The van der Waals surface area contributed by atoms with Gasteiger partial charge in [0.25, 0.3) is 0 Å². The molecule has 114 valence electrons. The molecule has 0 radical (unpaired) electrons. The van der Waals surface area contributed by atoms with Gasteiger partial charge in [-0.1, -0.05) is 33.6 Å². The van der Waals surface area contributed by atoms with E-state index in [4.69, 9.17) is 0 Å². The van der Waals surface area contributed by atoms with Gasteiger partial charge in [0.1, 0.15) is 11.1 Å². The molecule has 2 rings (SSSR count). The third-order valence-electron chi connectivity index (χ3n) is 5.17. The zero-order valence-corrected chi connectivity index (χ0v) is 13.3. The zero-order valence-electron chi connectivity index (χ0n) is 13.3. The summed E-state index contributed by atoms with van der Waals surface area (Å²) in [4.78, 5) is 27.5. The van der Waals surface area contributed by atoms with E-state index in [1.807, 2.05) is 18.7 Å². The van der Waals surface area contributed by atoms with E-state index in [-0.39, 0.29) is 11.8 Å². The molecule has 1 atom stereocenters. The summed E-state index contributed by atoms with van der Waals surface area (Å²) >= 11 is 0. The minimum atomic E-state index is -0.681. The lowest BCUT2D eigenvalue weighted by Gasteiger charge is -2.50. The second-order valence-electron chi connectivity index (χ2n) is 7.01. The van der Waals surface area contributed by atoms with Crippen molar-refractivity contribution in [3.63, 3.8) is 0 Å². The maximum absolute atomic E-state index is 13.0. The molecule has 20 heavy (non-hydrogen) atoms. The molecule has 0 aromatic rings. The van der Waals surface area contributed by atoms with E-state index in [1.54, 1.807) is 0 Å². The number of carbonyl (C=O) groups is 2. The second-order valence-corrected chi connectivity index (χ2v) is 7.01. The molecule has 2 aliphatic rings. The lowest BCUT2D eigenvalue weighted by Crippen LogP contribution is -2.74. The Morgan fingerprint density at radius 3 is 2.35 bits per heavy atom. The monoisotopic (exact) mass is 280 g/mol. The van der Waals surface area contributed by atoms with Gasteiger partial charge in [-0.15, -0.1) is 0 Å². The van der Waals surface area contributed by atoms with E-state index in [2.05, 4.69) is 19.2 Å². The number of carbonyl (C=O) groups excluding carboxylic acids is 2. The largest absolute Gasteiger partial charge is 0.340 e. The van der Waals surface area contributed by atoms with Gasteiger partial charge in [-0.25, -0.2) is 0 Å². The van der Waals surface area contributed by atoms with Gasteiger partial charge in [0.2, 0.25) is 11.8 Å². The van der Waals surface area contributed by atoms with Crippen molar-refractivity contribution in [2.75, 3.05) is 6.54 Å². The van der Waals surface area contributed by atoms with Crippen molar-refractivity contribution in [2.24, 2.45) is 5.92 Å². The molecule has 1 saturated heterocycles. The van der Waals surface area contributed by atoms with E-state index in [0.717, 1.165) is 32.1 Å². The van der Waals surface area contributed by atoms with Crippen molar-refractivity contribution in [1.82, 2.24) is 10.2 Å². The Morgan fingerprint density at radius 1 is 1.25 bits per heavy atom. The van der Waals surface area contributed by atoms with Gasteiger partial charge in [0.15, 0.2) is 0 Å². The maximum atomic E-state index is 13.0. The second kappa shape index (κ2) is 5.38. The maximum Gasteiger partial charge on any atom is 0.249 e. The predicted molar refractivity (Wildman–Crippen MR) is 79.2 cm³/mol. The predicted octanol–water partition coefficient (Wildman–Crippen LogP) is 2.47. The molecule has 0 aromatic carbocycles. The van der Waals surface area contributed by atoms with Crippen molar-refractivity contribution >= 4 is 11.8 Å². The smallest absolute Gasteiger partial charge is 0.249 e. The summed E-state index contributed by atoms with van der Waals surface area (Å²) in [7, 11) is 0. The number of rotatable bonds is 4. The Hall–Kier alpha value is -1.06. The first kappa shape index (κ1) is 15.3. The molecule has 1 saturated carbocycles. The van der Waals surface area contributed by atoms with Crippen LogP contribution < -0.4 is 5.32 Å². The third kappa shape index (κ3) is 2.33.